The first kappa shape index (κ1) is 10.1. The molecule has 0 spiro atoms. The summed E-state index contributed by atoms with van der Waals surface area (Å²) in [6.07, 6.45) is 5.03. The van der Waals surface area contributed by atoms with Gasteiger partial charge in [-0.15, -0.1) is 0 Å². The first-order chi connectivity index (χ1) is 7.16. The van der Waals surface area contributed by atoms with Crippen molar-refractivity contribution in [3.63, 3.8) is 0 Å². The van der Waals surface area contributed by atoms with E-state index in [9.17, 15) is 0 Å². The molecule has 0 bridgehead atoms. The highest BCUT2D eigenvalue weighted by molar-refractivity contribution is 6.30. The molecule has 0 fully saturated rings. The molecule has 2 aromatic heterocycles. The predicted molar refractivity (Wildman–Crippen MR) is 59.0 cm³/mol. The lowest BCUT2D eigenvalue weighted by molar-refractivity contribution is 0.775. The summed E-state index contributed by atoms with van der Waals surface area (Å²) >= 11 is 5.77. The van der Waals surface area contributed by atoms with Gasteiger partial charge in [-0.05, 0) is 19.1 Å². The highest BCUT2D eigenvalue weighted by Crippen LogP contribution is 2.12. The van der Waals surface area contributed by atoms with Crippen LogP contribution in [0.5, 0.6) is 0 Å². The molecule has 2 N–H and O–H groups in total. The van der Waals surface area contributed by atoms with Crippen molar-refractivity contribution in [1.82, 2.24) is 14.8 Å². The van der Waals surface area contributed by atoms with Crippen molar-refractivity contribution in [2.24, 2.45) is 5.73 Å². The summed E-state index contributed by atoms with van der Waals surface area (Å²) in [5.41, 5.74) is 7.43. The van der Waals surface area contributed by atoms with E-state index in [2.05, 4.69) is 10.1 Å². The minimum Gasteiger partial charge on any atom is -0.323 e. The standard InChI is InChI=1S/C10H11ClN4/c1-7(12)10-3-2-9(5-13-10)15-6-8(11)4-14-15/h2-7H,12H2,1H3. The zero-order valence-corrected chi connectivity index (χ0v) is 9.02. The van der Waals surface area contributed by atoms with Gasteiger partial charge in [0.1, 0.15) is 0 Å². The molecule has 0 saturated heterocycles. The van der Waals surface area contributed by atoms with Crippen molar-refractivity contribution in [3.05, 3.63) is 41.4 Å². The quantitative estimate of drug-likeness (QED) is 0.845. The summed E-state index contributed by atoms with van der Waals surface area (Å²) in [6.45, 7) is 1.90. The average Bonchev–Trinajstić information content (AvgIpc) is 2.65. The molecule has 0 radical (unpaired) electrons. The minimum atomic E-state index is -0.0553. The predicted octanol–water partition coefficient (Wildman–Crippen LogP) is 1.94. The van der Waals surface area contributed by atoms with E-state index in [0.29, 0.717) is 5.02 Å². The van der Waals surface area contributed by atoms with Crippen molar-refractivity contribution in [2.75, 3.05) is 0 Å². The van der Waals surface area contributed by atoms with Crippen LogP contribution >= 0.6 is 11.6 Å². The summed E-state index contributed by atoms with van der Waals surface area (Å²) in [6, 6.07) is 3.74. The van der Waals surface area contributed by atoms with Gasteiger partial charge in [0.05, 0.1) is 28.8 Å². The SMILES string of the molecule is CC(N)c1ccc(-n2cc(Cl)cn2)cn1. The molecule has 2 aromatic rings. The Bertz CT molecular complexity index is 447. The molecule has 2 heterocycles. The van der Waals surface area contributed by atoms with E-state index < -0.39 is 0 Å². The molecule has 0 saturated carbocycles. The molecule has 4 nitrogen and oxygen atoms in total. The van der Waals surface area contributed by atoms with Gasteiger partial charge in [0.2, 0.25) is 0 Å². The Labute approximate surface area is 92.7 Å². The Balaban J connectivity index is 2.31. The number of hydrogen-bond donors (Lipinski definition) is 1. The molecule has 0 amide bonds. The lowest BCUT2D eigenvalue weighted by atomic mass is 10.2. The van der Waals surface area contributed by atoms with E-state index in [4.69, 9.17) is 17.3 Å². The fraction of sp³-hybridized carbons (Fsp3) is 0.200. The van der Waals surface area contributed by atoms with Crippen molar-refractivity contribution in [2.45, 2.75) is 13.0 Å². The number of halogens is 1. The Morgan fingerprint density at radius 2 is 2.20 bits per heavy atom. The topological polar surface area (TPSA) is 56.7 Å². The molecule has 0 aromatic carbocycles. The molecule has 0 aliphatic rings. The highest BCUT2D eigenvalue weighted by Gasteiger charge is 2.02. The zero-order chi connectivity index (χ0) is 10.8. The third kappa shape index (κ3) is 2.16. The molecule has 1 atom stereocenters. The second-order valence-electron chi connectivity index (χ2n) is 3.33. The number of pyridine rings is 1. The van der Waals surface area contributed by atoms with Crippen LogP contribution in [0.1, 0.15) is 18.7 Å². The fourth-order valence-electron chi connectivity index (χ4n) is 1.24. The summed E-state index contributed by atoms with van der Waals surface area (Å²) in [7, 11) is 0. The van der Waals surface area contributed by atoms with E-state index in [-0.39, 0.29) is 6.04 Å². The smallest absolute Gasteiger partial charge is 0.0829 e. The van der Waals surface area contributed by atoms with Crippen LogP contribution in [0.15, 0.2) is 30.7 Å². The van der Waals surface area contributed by atoms with Crippen LogP contribution in [-0.4, -0.2) is 14.8 Å². The molecular formula is C10H11ClN4. The van der Waals surface area contributed by atoms with Crippen LogP contribution in [0.4, 0.5) is 0 Å². The van der Waals surface area contributed by atoms with Crippen LogP contribution in [0.3, 0.4) is 0 Å². The van der Waals surface area contributed by atoms with Gasteiger partial charge in [0.25, 0.3) is 0 Å². The third-order valence-electron chi connectivity index (χ3n) is 2.05. The first-order valence-electron chi connectivity index (χ1n) is 4.59. The summed E-state index contributed by atoms with van der Waals surface area (Å²) in [5.74, 6) is 0. The van der Waals surface area contributed by atoms with Crippen LogP contribution in [0.25, 0.3) is 5.69 Å². The van der Waals surface area contributed by atoms with Gasteiger partial charge in [-0.1, -0.05) is 11.6 Å². The van der Waals surface area contributed by atoms with Crippen molar-refractivity contribution < 1.29 is 0 Å². The van der Waals surface area contributed by atoms with Gasteiger partial charge in [0.15, 0.2) is 0 Å². The van der Waals surface area contributed by atoms with Crippen molar-refractivity contribution >= 4 is 11.6 Å². The molecule has 1 unspecified atom stereocenters. The number of hydrogen-bond acceptors (Lipinski definition) is 3. The summed E-state index contributed by atoms with van der Waals surface area (Å²) < 4.78 is 1.67. The molecule has 15 heavy (non-hydrogen) atoms. The lowest BCUT2D eigenvalue weighted by Crippen LogP contribution is -2.07. The van der Waals surface area contributed by atoms with Gasteiger partial charge in [-0.25, -0.2) is 4.68 Å². The maximum Gasteiger partial charge on any atom is 0.0829 e. The Morgan fingerprint density at radius 1 is 1.40 bits per heavy atom. The maximum atomic E-state index is 5.77. The Hall–Kier alpha value is -1.39. The summed E-state index contributed by atoms with van der Waals surface area (Å²) in [5, 5.41) is 4.68. The van der Waals surface area contributed by atoms with Crippen LogP contribution in [0, 0.1) is 0 Å². The summed E-state index contributed by atoms with van der Waals surface area (Å²) in [4.78, 5) is 4.23. The lowest BCUT2D eigenvalue weighted by Gasteiger charge is -2.05. The molecule has 2 rings (SSSR count). The van der Waals surface area contributed by atoms with Crippen LogP contribution in [0.2, 0.25) is 5.02 Å². The van der Waals surface area contributed by atoms with Gasteiger partial charge >= 0.3 is 0 Å². The van der Waals surface area contributed by atoms with Gasteiger partial charge in [-0.2, -0.15) is 5.10 Å². The second kappa shape index (κ2) is 4.00. The van der Waals surface area contributed by atoms with Crippen molar-refractivity contribution in [3.8, 4) is 5.69 Å². The maximum absolute atomic E-state index is 5.77. The molecular weight excluding hydrogens is 212 g/mol. The molecule has 0 aliphatic carbocycles. The van der Waals surface area contributed by atoms with Gasteiger partial charge < -0.3 is 5.73 Å². The minimum absolute atomic E-state index is 0.0553. The van der Waals surface area contributed by atoms with Crippen LogP contribution in [-0.2, 0) is 0 Å². The van der Waals surface area contributed by atoms with E-state index in [1.807, 2.05) is 19.1 Å². The van der Waals surface area contributed by atoms with E-state index in [1.165, 1.54) is 0 Å². The Kier molecular flexibility index (Phi) is 2.70. The number of nitrogens with two attached hydrogens (primary N) is 1. The van der Waals surface area contributed by atoms with Crippen LogP contribution < -0.4 is 5.73 Å². The Morgan fingerprint density at radius 3 is 2.67 bits per heavy atom. The normalized spacial score (nSPS) is 12.7. The second-order valence-corrected chi connectivity index (χ2v) is 3.77. The first-order valence-corrected chi connectivity index (χ1v) is 4.96. The molecule has 5 heteroatoms. The number of nitrogens with zero attached hydrogens (tertiary/aromatic N) is 3. The number of aromatic nitrogens is 3. The van der Waals surface area contributed by atoms with Gasteiger partial charge in [-0.3, -0.25) is 4.98 Å². The molecule has 78 valence electrons. The van der Waals surface area contributed by atoms with Gasteiger partial charge in [0, 0.05) is 12.2 Å². The van der Waals surface area contributed by atoms with Crippen molar-refractivity contribution in [1.29, 1.82) is 0 Å². The highest BCUT2D eigenvalue weighted by atomic mass is 35.5. The molecule has 0 aliphatic heterocycles. The van der Waals surface area contributed by atoms with E-state index >= 15 is 0 Å². The zero-order valence-electron chi connectivity index (χ0n) is 8.26. The third-order valence-corrected chi connectivity index (χ3v) is 2.25. The van der Waals surface area contributed by atoms with E-state index in [0.717, 1.165) is 11.4 Å². The average molecular weight is 223 g/mol. The van der Waals surface area contributed by atoms with E-state index in [1.54, 1.807) is 23.3 Å². The fourth-order valence-corrected chi connectivity index (χ4v) is 1.38. The number of rotatable bonds is 2. The monoisotopic (exact) mass is 222 g/mol. The largest absolute Gasteiger partial charge is 0.323 e.